The Morgan fingerprint density at radius 2 is 1.68 bits per heavy atom. The molecule has 0 atom stereocenters. The van der Waals surface area contributed by atoms with E-state index >= 15 is 0 Å². The van der Waals surface area contributed by atoms with Crippen LogP contribution < -0.4 is 15.6 Å². The molecule has 0 amide bonds. The van der Waals surface area contributed by atoms with Gasteiger partial charge in [-0.3, -0.25) is 0 Å². The molecule has 7 heteroatoms. The van der Waals surface area contributed by atoms with Crippen molar-refractivity contribution < 1.29 is 10.6 Å². The second-order valence-electron chi connectivity index (χ2n) is 6.00. The first-order chi connectivity index (χ1) is 11.6. The molecule has 3 N–H and O–H groups in total. The summed E-state index contributed by atoms with van der Waals surface area (Å²) in [6.45, 7) is 4.10. The molecule has 0 saturated carbocycles. The lowest BCUT2D eigenvalue weighted by molar-refractivity contribution is 0.387. The normalized spacial score (nSPS) is 15.8. The van der Waals surface area contributed by atoms with Crippen LogP contribution >= 0.6 is 11.6 Å². The van der Waals surface area contributed by atoms with Crippen LogP contribution in [0.3, 0.4) is 0 Å². The topological polar surface area (TPSA) is 84.7 Å². The van der Waals surface area contributed by atoms with E-state index in [0.717, 1.165) is 22.8 Å². The predicted molar refractivity (Wildman–Crippen MR) is 100 cm³/mol. The van der Waals surface area contributed by atoms with Crippen molar-refractivity contribution in [1.29, 1.82) is 0 Å². The van der Waals surface area contributed by atoms with E-state index in [1.54, 1.807) is 17.1 Å². The molecule has 0 aromatic heterocycles. The van der Waals surface area contributed by atoms with E-state index in [1.807, 2.05) is 36.4 Å². The zero-order valence-corrected chi connectivity index (χ0v) is 14.6. The van der Waals surface area contributed by atoms with E-state index in [0.29, 0.717) is 10.7 Å². The molecule has 0 unspecified atom stereocenters. The van der Waals surface area contributed by atoms with Crippen LogP contribution in [0, 0.1) is 5.92 Å². The first-order valence-electron chi connectivity index (χ1n) is 7.75. The SMILES string of the molecule is CC(C)C1=Nc2ccccc2N2[N]N(c3ccc(Cl)cc3)C(O)=C12.O. The van der Waals surface area contributed by atoms with Crippen LogP contribution in [0.5, 0.6) is 0 Å². The van der Waals surface area contributed by atoms with Crippen LogP contribution in [0.15, 0.2) is 65.1 Å². The van der Waals surface area contributed by atoms with E-state index in [2.05, 4.69) is 19.4 Å². The molecule has 0 aliphatic carbocycles. The lowest BCUT2D eigenvalue weighted by Gasteiger charge is -2.27. The fourth-order valence-electron chi connectivity index (χ4n) is 2.84. The highest BCUT2D eigenvalue weighted by Gasteiger charge is 2.39. The van der Waals surface area contributed by atoms with Crippen molar-refractivity contribution in [3.63, 3.8) is 0 Å². The number of anilines is 2. The smallest absolute Gasteiger partial charge is 0.237 e. The number of hydrogen-bond donors (Lipinski definition) is 1. The number of aliphatic hydroxyl groups excluding tert-OH is 1. The second kappa shape index (κ2) is 6.40. The van der Waals surface area contributed by atoms with E-state index < -0.39 is 0 Å². The summed E-state index contributed by atoms with van der Waals surface area (Å²) in [4.78, 5) is 4.73. The maximum absolute atomic E-state index is 10.8. The van der Waals surface area contributed by atoms with Gasteiger partial charge in [0.2, 0.25) is 5.88 Å². The van der Waals surface area contributed by atoms with Gasteiger partial charge in [0.15, 0.2) is 0 Å². The summed E-state index contributed by atoms with van der Waals surface area (Å²) in [7, 11) is 0. The minimum atomic E-state index is 0. The molecular formula is C18H18ClN4O2. The number of aliphatic hydroxyl groups is 1. The van der Waals surface area contributed by atoms with Gasteiger partial charge in [0.1, 0.15) is 5.70 Å². The Bertz CT molecular complexity index is 862. The van der Waals surface area contributed by atoms with Crippen LogP contribution in [0.1, 0.15) is 13.8 Å². The number of aliphatic imine (C=N–C) groups is 1. The standard InChI is InChI=1S/C18H16ClN4O.H2O/c1-11(2)16-17-18(24)22(13-9-7-12(19)8-10-13)21-23(17)15-6-4-3-5-14(15)20-16;/h3-11,24H,1-2H3;1H2. The molecule has 0 fully saturated rings. The highest BCUT2D eigenvalue weighted by molar-refractivity contribution is 6.30. The minimum absolute atomic E-state index is 0. The van der Waals surface area contributed by atoms with Gasteiger partial charge in [-0.2, -0.15) is 0 Å². The lowest BCUT2D eigenvalue weighted by atomic mass is 10.0. The summed E-state index contributed by atoms with van der Waals surface area (Å²) in [5, 5.41) is 14.7. The third-order valence-electron chi connectivity index (χ3n) is 4.01. The number of halogens is 1. The molecule has 6 nitrogen and oxygen atoms in total. The van der Waals surface area contributed by atoms with Crippen LogP contribution in [-0.2, 0) is 0 Å². The van der Waals surface area contributed by atoms with Gasteiger partial charge >= 0.3 is 0 Å². The Balaban J connectivity index is 0.00000182. The van der Waals surface area contributed by atoms with E-state index in [-0.39, 0.29) is 17.3 Å². The molecule has 25 heavy (non-hydrogen) atoms. The molecule has 2 aromatic rings. The van der Waals surface area contributed by atoms with Crippen molar-refractivity contribution in [1.82, 2.24) is 5.53 Å². The van der Waals surface area contributed by atoms with Crippen LogP contribution in [-0.4, -0.2) is 16.3 Å². The summed E-state index contributed by atoms with van der Waals surface area (Å²) in [6.07, 6.45) is 0. The fraction of sp³-hybridized carbons (Fsp3) is 0.167. The molecular weight excluding hydrogens is 340 g/mol. The summed E-state index contributed by atoms with van der Waals surface area (Å²) >= 11 is 5.96. The highest BCUT2D eigenvalue weighted by Crippen LogP contribution is 2.41. The molecule has 1 radical (unpaired) electrons. The fourth-order valence-corrected chi connectivity index (χ4v) is 2.97. The first-order valence-corrected chi connectivity index (χ1v) is 8.12. The average molecular weight is 358 g/mol. The first kappa shape index (κ1) is 17.3. The van der Waals surface area contributed by atoms with Crippen molar-refractivity contribution in [2.75, 3.05) is 10.0 Å². The molecule has 0 saturated heterocycles. The molecule has 2 aromatic carbocycles. The van der Waals surface area contributed by atoms with Crippen molar-refractivity contribution in [2.45, 2.75) is 13.8 Å². The van der Waals surface area contributed by atoms with E-state index in [9.17, 15) is 5.11 Å². The highest BCUT2D eigenvalue weighted by atomic mass is 35.5. The number of para-hydroxylation sites is 2. The number of allylic oxidation sites excluding steroid dienone is 1. The Labute approximate surface area is 150 Å². The molecule has 0 bridgehead atoms. The molecule has 2 aliphatic rings. The number of hydrogen-bond acceptors (Lipinski definition) is 4. The van der Waals surface area contributed by atoms with Crippen LogP contribution in [0.4, 0.5) is 17.1 Å². The van der Waals surface area contributed by atoms with Gasteiger partial charge in [-0.15, -0.1) is 0 Å². The Kier molecular flexibility index (Phi) is 4.43. The third-order valence-corrected chi connectivity index (χ3v) is 4.27. The van der Waals surface area contributed by atoms with Crippen molar-refractivity contribution in [2.24, 2.45) is 10.9 Å². The molecule has 4 rings (SSSR count). The molecule has 0 spiro atoms. The minimum Gasteiger partial charge on any atom is -0.492 e. The molecule has 129 valence electrons. The monoisotopic (exact) mass is 357 g/mol. The number of nitrogens with zero attached hydrogens (tertiary/aromatic N) is 4. The van der Waals surface area contributed by atoms with Gasteiger partial charge in [-0.05, 0) is 47.9 Å². The summed E-state index contributed by atoms with van der Waals surface area (Å²) < 4.78 is 0. The van der Waals surface area contributed by atoms with Gasteiger partial charge in [0, 0.05) is 5.02 Å². The van der Waals surface area contributed by atoms with E-state index in [4.69, 9.17) is 16.6 Å². The van der Waals surface area contributed by atoms with Crippen LogP contribution in [0.25, 0.3) is 0 Å². The Morgan fingerprint density at radius 1 is 1.00 bits per heavy atom. The Hall–Kier alpha value is -2.54. The van der Waals surface area contributed by atoms with Crippen molar-refractivity contribution in [3.05, 3.63) is 65.1 Å². The van der Waals surface area contributed by atoms with Gasteiger partial charge in [0.05, 0.1) is 22.8 Å². The summed E-state index contributed by atoms with van der Waals surface area (Å²) in [5.41, 5.74) is 8.45. The number of benzene rings is 2. The van der Waals surface area contributed by atoms with Gasteiger partial charge in [0.25, 0.3) is 0 Å². The maximum Gasteiger partial charge on any atom is 0.237 e. The Morgan fingerprint density at radius 3 is 2.36 bits per heavy atom. The van der Waals surface area contributed by atoms with Gasteiger partial charge in [-0.25, -0.2) is 15.0 Å². The van der Waals surface area contributed by atoms with Gasteiger partial charge < -0.3 is 10.6 Å². The van der Waals surface area contributed by atoms with Crippen molar-refractivity contribution >= 4 is 34.4 Å². The molecule has 2 aliphatic heterocycles. The molecule has 2 heterocycles. The largest absolute Gasteiger partial charge is 0.492 e. The number of fused-ring (bicyclic) bond motifs is 3. The second-order valence-corrected chi connectivity index (χ2v) is 6.44. The number of rotatable bonds is 2. The zero-order chi connectivity index (χ0) is 16.8. The summed E-state index contributed by atoms with van der Waals surface area (Å²) in [5.74, 6) is 0.220. The zero-order valence-electron chi connectivity index (χ0n) is 13.8. The summed E-state index contributed by atoms with van der Waals surface area (Å²) in [6, 6.07) is 15.0. The third kappa shape index (κ3) is 2.74. The van der Waals surface area contributed by atoms with E-state index in [1.165, 1.54) is 5.01 Å². The quantitative estimate of drug-likeness (QED) is 0.888. The van der Waals surface area contributed by atoms with Gasteiger partial charge in [-0.1, -0.05) is 37.6 Å². The average Bonchev–Trinajstić information content (AvgIpc) is 2.93. The van der Waals surface area contributed by atoms with Crippen LogP contribution in [0.2, 0.25) is 5.02 Å². The lowest BCUT2D eigenvalue weighted by Crippen LogP contribution is -2.37. The maximum atomic E-state index is 10.8. The predicted octanol–water partition coefficient (Wildman–Crippen LogP) is 3.75. The van der Waals surface area contributed by atoms with Crippen molar-refractivity contribution in [3.8, 4) is 0 Å².